The molecule has 2 fully saturated rings. The molecular formula is C18H25NO3. The van der Waals surface area contributed by atoms with Gasteiger partial charge in [-0.2, -0.15) is 0 Å². The molecule has 1 saturated heterocycles. The fraction of sp³-hybridized carbons (Fsp3) is 0.611. The average Bonchev–Trinajstić information content (AvgIpc) is 3.09. The lowest BCUT2D eigenvalue weighted by molar-refractivity contribution is -0.131. The highest BCUT2D eigenvalue weighted by Crippen LogP contribution is 2.37. The molecule has 0 N–H and O–H groups in total. The molecule has 4 heteroatoms. The van der Waals surface area contributed by atoms with Gasteiger partial charge in [0.2, 0.25) is 5.91 Å². The van der Waals surface area contributed by atoms with Crippen molar-refractivity contribution < 1.29 is 14.3 Å². The largest absolute Gasteiger partial charge is 0.493 e. The van der Waals surface area contributed by atoms with Crippen molar-refractivity contribution in [2.75, 3.05) is 26.8 Å². The number of likely N-dealkylation sites (tertiary alicyclic amines) is 1. The highest BCUT2D eigenvalue weighted by molar-refractivity contribution is 5.76. The smallest absolute Gasteiger partial charge is 0.226 e. The van der Waals surface area contributed by atoms with Gasteiger partial charge in [-0.1, -0.05) is 12.5 Å². The van der Waals surface area contributed by atoms with Gasteiger partial charge in [-0.25, -0.2) is 0 Å². The maximum Gasteiger partial charge on any atom is 0.226 e. The summed E-state index contributed by atoms with van der Waals surface area (Å²) >= 11 is 0. The normalized spacial score (nSPS) is 23.5. The van der Waals surface area contributed by atoms with Crippen LogP contribution < -0.4 is 9.47 Å². The molecule has 1 amide bonds. The molecule has 1 aromatic carbocycles. The van der Waals surface area contributed by atoms with Crippen molar-refractivity contribution in [1.29, 1.82) is 0 Å². The highest BCUT2D eigenvalue weighted by Gasteiger charge is 2.37. The summed E-state index contributed by atoms with van der Waals surface area (Å²) in [7, 11) is 1.63. The Morgan fingerprint density at radius 3 is 2.64 bits per heavy atom. The molecular weight excluding hydrogens is 278 g/mol. The lowest BCUT2D eigenvalue weighted by Crippen LogP contribution is -2.30. The number of amides is 1. The molecule has 1 saturated carbocycles. The lowest BCUT2D eigenvalue weighted by Gasteiger charge is -2.18. The summed E-state index contributed by atoms with van der Waals surface area (Å²) in [5.41, 5.74) is 1.13. The zero-order valence-electron chi connectivity index (χ0n) is 13.5. The van der Waals surface area contributed by atoms with E-state index >= 15 is 0 Å². The Morgan fingerprint density at radius 1 is 1.23 bits per heavy atom. The number of nitrogens with zero attached hydrogens (tertiary/aromatic N) is 1. The zero-order valence-corrected chi connectivity index (χ0v) is 13.5. The first-order chi connectivity index (χ1) is 10.7. The molecule has 2 atom stereocenters. The number of carbonyl (C=O) groups is 1. The number of rotatable bonds is 5. The molecule has 0 spiro atoms. The first-order valence-corrected chi connectivity index (χ1v) is 8.22. The van der Waals surface area contributed by atoms with E-state index in [9.17, 15) is 4.79 Å². The molecule has 1 aliphatic carbocycles. The predicted molar refractivity (Wildman–Crippen MR) is 85.3 cm³/mol. The quantitative estimate of drug-likeness (QED) is 0.839. The van der Waals surface area contributed by atoms with Gasteiger partial charge in [-0.05, 0) is 49.3 Å². The SMILES string of the molecule is COc1cc(C)ccc1OCCC(=O)N1C[C@H]2CCC[C@@H]2C1. The van der Waals surface area contributed by atoms with Crippen LogP contribution in [0.5, 0.6) is 11.5 Å². The molecule has 1 aliphatic heterocycles. The van der Waals surface area contributed by atoms with Gasteiger partial charge >= 0.3 is 0 Å². The molecule has 2 aliphatic rings. The molecule has 120 valence electrons. The zero-order chi connectivity index (χ0) is 15.5. The van der Waals surface area contributed by atoms with E-state index in [0.29, 0.717) is 18.8 Å². The monoisotopic (exact) mass is 303 g/mol. The van der Waals surface area contributed by atoms with E-state index in [0.717, 1.165) is 36.2 Å². The number of methoxy groups -OCH3 is 1. The summed E-state index contributed by atoms with van der Waals surface area (Å²) < 4.78 is 11.0. The van der Waals surface area contributed by atoms with Gasteiger partial charge in [0.1, 0.15) is 0 Å². The Bertz CT molecular complexity index is 531. The van der Waals surface area contributed by atoms with Gasteiger partial charge in [0.25, 0.3) is 0 Å². The molecule has 1 heterocycles. The second kappa shape index (κ2) is 6.59. The first kappa shape index (κ1) is 15.2. The number of ether oxygens (including phenoxy) is 2. The third-order valence-corrected chi connectivity index (χ3v) is 4.97. The van der Waals surface area contributed by atoms with Crippen molar-refractivity contribution in [1.82, 2.24) is 4.90 Å². The van der Waals surface area contributed by atoms with Crippen molar-refractivity contribution >= 4 is 5.91 Å². The summed E-state index contributed by atoms with van der Waals surface area (Å²) in [5, 5.41) is 0. The molecule has 0 bridgehead atoms. The Morgan fingerprint density at radius 2 is 1.95 bits per heavy atom. The molecule has 3 rings (SSSR count). The fourth-order valence-electron chi connectivity index (χ4n) is 3.74. The van der Waals surface area contributed by atoms with Crippen LogP contribution in [0.1, 0.15) is 31.2 Å². The van der Waals surface area contributed by atoms with E-state index in [1.165, 1.54) is 19.3 Å². The highest BCUT2D eigenvalue weighted by atomic mass is 16.5. The van der Waals surface area contributed by atoms with E-state index in [1.54, 1.807) is 7.11 Å². The Hall–Kier alpha value is -1.71. The number of hydrogen-bond donors (Lipinski definition) is 0. The molecule has 0 radical (unpaired) electrons. The second-order valence-corrected chi connectivity index (χ2v) is 6.50. The van der Waals surface area contributed by atoms with Crippen LogP contribution in [-0.2, 0) is 4.79 Å². The molecule has 4 nitrogen and oxygen atoms in total. The number of hydrogen-bond acceptors (Lipinski definition) is 3. The van der Waals surface area contributed by atoms with Crippen molar-refractivity contribution in [3.05, 3.63) is 23.8 Å². The van der Waals surface area contributed by atoms with Crippen LogP contribution in [0.2, 0.25) is 0 Å². The molecule has 0 unspecified atom stereocenters. The van der Waals surface area contributed by atoms with Crippen LogP contribution in [0.4, 0.5) is 0 Å². The van der Waals surface area contributed by atoms with Crippen LogP contribution in [-0.4, -0.2) is 37.6 Å². The minimum atomic E-state index is 0.223. The van der Waals surface area contributed by atoms with Gasteiger partial charge in [-0.15, -0.1) is 0 Å². The van der Waals surface area contributed by atoms with Gasteiger partial charge in [-0.3, -0.25) is 4.79 Å². The van der Waals surface area contributed by atoms with E-state index in [-0.39, 0.29) is 5.91 Å². The number of fused-ring (bicyclic) bond motifs is 1. The van der Waals surface area contributed by atoms with Gasteiger partial charge in [0.15, 0.2) is 11.5 Å². The molecule has 0 aromatic heterocycles. The summed E-state index contributed by atoms with van der Waals surface area (Å²) in [6.45, 7) is 4.33. The molecule has 1 aromatic rings. The summed E-state index contributed by atoms with van der Waals surface area (Å²) in [6.07, 6.45) is 4.38. The lowest BCUT2D eigenvalue weighted by atomic mass is 10.0. The third kappa shape index (κ3) is 3.21. The average molecular weight is 303 g/mol. The van der Waals surface area contributed by atoms with Crippen molar-refractivity contribution in [3.63, 3.8) is 0 Å². The summed E-state index contributed by atoms with van der Waals surface area (Å²) in [6, 6.07) is 5.83. The number of benzene rings is 1. The minimum Gasteiger partial charge on any atom is -0.493 e. The third-order valence-electron chi connectivity index (χ3n) is 4.97. The Labute approximate surface area is 132 Å². The topological polar surface area (TPSA) is 38.8 Å². The maximum absolute atomic E-state index is 12.3. The number of aryl methyl sites for hydroxylation is 1. The van der Waals surface area contributed by atoms with E-state index in [4.69, 9.17) is 9.47 Å². The van der Waals surface area contributed by atoms with E-state index in [2.05, 4.69) is 0 Å². The maximum atomic E-state index is 12.3. The standard InChI is InChI=1S/C18H25NO3/c1-13-6-7-16(17(10-13)21-2)22-9-8-18(20)19-11-14-4-3-5-15(14)12-19/h6-7,10,14-15H,3-5,8-9,11-12H2,1-2H3/t14-,15-/m1/s1. The Balaban J connectivity index is 1.48. The van der Waals surface area contributed by atoms with Crippen LogP contribution in [0.25, 0.3) is 0 Å². The Kier molecular flexibility index (Phi) is 4.55. The summed E-state index contributed by atoms with van der Waals surface area (Å²) in [5.74, 6) is 3.16. The minimum absolute atomic E-state index is 0.223. The van der Waals surface area contributed by atoms with Crippen molar-refractivity contribution in [3.8, 4) is 11.5 Å². The van der Waals surface area contributed by atoms with Crippen molar-refractivity contribution in [2.45, 2.75) is 32.6 Å². The van der Waals surface area contributed by atoms with Crippen LogP contribution in [0, 0.1) is 18.8 Å². The van der Waals surface area contributed by atoms with E-state index in [1.807, 2.05) is 30.0 Å². The molecule has 22 heavy (non-hydrogen) atoms. The summed E-state index contributed by atoms with van der Waals surface area (Å²) in [4.78, 5) is 14.3. The van der Waals surface area contributed by atoms with Gasteiger partial charge < -0.3 is 14.4 Å². The van der Waals surface area contributed by atoms with Crippen LogP contribution in [0.15, 0.2) is 18.2 Å². The number of carbonyl (C=O) groups excluding carboxylic acids is 1. The first-order valence-electron chi connectivity index (χ1n) is 8.22. The van der Waals surface area contributed by atoms with Crippen molar-refractivity contribution in [2.24, 2.45) is 11.8 Å². The predicted octanol–water partition coefficient (Wildman–Crippen LogP) is 3.03. The van der Waals surface area contributed by atoms with Crippen LogP contribution in [0.3, 0.4) is 0 Å². The second-order valence-electron chi connectivity index (χ2n) is 6.50. The van der Waals surface area contributed by atoms with Crippen LogP contribution >= 0.6 is 0 Å². The fourth-order valence-corrected chi connectivity index (χ4v) is 3.74. The van der Waals surface area contributed by atoms with Gasteiger partial charge in [0.05, 0.1) is 20.1 Å². The van der Waals surface area contributed by atoms with Gasteiger partial charge in [0, 0.05) is 13.1 Å². The van der Waals surface area contributed by atoms with E-state index < -0.39 is 0 Å².